The molecular formula is C24H26F6N2O5S2. The van der Waals surface area contributed by atoms with Gasteiger partial charge in [0.25, 0.3) is 0 Å². The number of carboxylic acid groups (broad SMARTS) is 1. The van der Waals surface area contributed by atoms with E-state index < -0.39 is 86.7 Å². The molecule has 1 aromatic carbocycles. The molecule has 1 fully saturated rings. The summed E-state index contributed by atoms with van der Waals surface area (Å²) in [4.78, 5) is 15.6. The van der Waals surface area contributed by atoms with E-state index in [2.05, 4.69) is 4.98 Å². The number of nitrogens with zero attached hydrogens (tertiary/aromatic N) is 2. The van der Waals surface area contributed by atoms with Crippen molar-refractivity contribution >= 4 is 32.8 Å². The molecule has 15 heteroatoms. The lowest BCUT2D eigenvalue weighted by atomic mass is 9.99. The average Bonchev–Trinajstić information content (AvgIpc) is 3.52. The van der Waals surface area contributed by atoms with Crippen LogP contribution in [0, 0.1) is 5.92 Å². The minimum absolute atomic E-state index is 0.00932. The van der Waals surface area contributed by atoms with E-state index in [1.54, 1.807) is 0 Å². The van der Waals surface area contributed by atoms with Crippen LogP contribution >= 0.6 is 11.3 Å². The monoisotopic (exact) mass is 600 g/mol. The first-order valence-electron chi connectivity index (χ1n) is 12.2. The number of anilines is 1. The first-order chi connectivity index (χ1) is 18.1. The van der Waals surface area contributed by atoms with Crippen molar-refractivity contribution in [2.75, 3.05) is 11.4 Å². The maximum absolute atomic E-state index is 15.6. The number of halogens is 6. The van der Waals surface area contributed by atoms with E-state index >= 15 is 4.39 Å². The van der Waals surface area contributed by atoms with E-state index in [0.717, 1.165) is 24.2 Å². The fraction of sp³-hybridized carbons (Fsp3) is 0.583. The third-order valence-corrected chi connectivity index (χ3v) is 9.73. The molecule has 0 spiro atoms. The van der Waals surface area contributed by atoms with Crippen molar-refractivity contribution in [3.05, 3.63) is 33.8 Å². The molecule has 1 saturated carbocycles. The summed E-state index contributed by atoms with van der Waals surface area (Å²) in [6.45, 7) is -0.366. The molecule has 2 heterocycles. The number of benzene rings is 1. The van der Waals surface area contributed by atoms with Gasteiger partial charge >= 0.3 is 12.1 Å². The van der Waals surface area contributed by atoms with Gasteiger partial charge < -0.3 is 14.7 Å². The Labute approximate surface area is 224 Å². The maximum Gasteiger partial charge on any atom is 0.420 e. The van der Waals surface area contributed by atoms with Gasteiger partial charge in [-0.05, 0) is 32.3 Å². The number of thiazole rings is 1. The van der Waals surface area contributed by atoms with Crippen molar-refractivity contribution in [3.8, 4) is 5.75 Å². The number of aromatic carboxylic acids is 1. The molecule has 1 aliphatic heterocycles. The van der Waals surface area contributed by atoms with Crippen LogP contribution in [0.4, 0.5) is 32.0 Å². The van der Waals surface area contributed by atoms with E-state index in [-0.39, 0.29) is 17.1 Å². The summed E-state index contributed by atoms with van der Waals surface area (Å²) in [5, 5.41) is 9.21. The summed E-state index contributed by atoms with van der Waals surface area (Å²) in [6.07, 6.45) is -3.77. The van der Waals surface area contributed by atoms with Crippen LogP contribution in [-0.4, -0.2) is 48.5 Å². The first kappa shape index (κ1) is 29.4. The zero-order valence-electron chi connectivity index (χ0n) is 20.7. The molecule has 0 radical (unpaired) electrons. The molecule has 0 saturated heterocycles. The van der Waals surface area contributed by atoms with Crippen molar-refractivity contribution in [1.82, 2.24) is 4.98 Å². The molecule has 1 aliphatic carbocycles. The maximum atomic E-state index is 15.6. The minimum Gasteiger partial charge on any atom is -0.487 e. The second-order valence-electron chi connectivity index (χ2n) is 9.89. The van der Waals surface area contributed by atoms with Crippen LogP contribution < -0.4 is 9.64 Å². The van der Waals surface area contributed by atoms with Crippen LogP contribution in [-0.2, 0) is 22.6 Å². The fourth-order valence-corrected chi connectivity index (χ4v) is 7.44. The van der Waals surface area contributed by atoms with E-state index in [1.165, 1.54) is 10.4 Å². The summed E-state index contributed by atoms with van der Waals surface area (Å²) in [7, 11) is -4.92. The lowest BCUT2D eigenvalue weighted by Gasteiger charge is -2.34. The van der Waals surface area contributed by atoms with Crippen LogP contribution in [0.3, 0.4) is 0 Å². The predicted molar refractivity (Wildman–Crippen MR) is 130 cm³/mol. The van der Waals surface area contributed by atoms with Crippen LogP contribution in [0.25, 0.3) is 0 Å². The molecule has 0 bridgehead atoms. The number of fused-ring (bicyclic) bond motifs is 1. The Morgan fingerprint density at radius 2 is 1.87 bits per heavy atom. The number of carbonyl (C=O) groups is 1. The Morgan fingerprint density at radius 3 is 2.46 bits per heavy atom. The minimum atomic E-state index is -5.01. The zero-order valence-corrected chi connectivity index (χ0v) is 22.3. The molecular weight excluding hydrogens is 574 g/mol. The molecule has 2 aromatic rings. The lowest BCUT2D eigenvalue weighted by molar-refractivity contribution is -0.139. The third kappa shape index (κ3) is 6.28. The number of ether oxygens (including phenoxy) is 1. The molecule has 7 nitrogen and oxygen atoms in total. The third-order valence-electron chi connectivity index (χ3n) is 7.00. The molecule has 1 aromatic heterocycles. The van der Waals surface area contributed by atoms with Gasteiger partial charge in [-0.1, -0.05) is 12.8 Å². The standard InChI is InChI=1S/C24H26F6N2O5S2/c1-23(26,27)7-6-13-10-32(14-4-2-3-5-14)16-8-15(24(28,29)30)17(9-19(16)39(35,36)21(13)25)37-11-18-20(22(33)34)31-12-38-18/h8-9,12-14,21H,2-7,10-11H2,1H3,(H,33,34)/t13-,21+/m0/s1. The Balaban J connectivity index is 1.82. The van der Waals surface area contributed by atoms with Gasteiger partial charge in [-0.2, -0.15) is 13.2 Å². The second kappa shape index (κ2) is 10.8. The van der Waals surface area contributed by atoms with Crippen molar-refractivity contribution in [1.29, 1.82) is 0 Å². The van der Waals surface area contributed by atoms with Gasteiger partial charge in [0.05, 0.1) is 26.5 Å². The zero-order chi connectivity index (χ0) is 28.8. The van der Waals surface area contributed by atoms with E-state index in [0.29, 0.717) is 31.9 Å². The van der Waals surface area contributed by atoms with E-state index in [1.807, 2.05) is 0 Å². The highest BCUT2D eigenvalue weighted by Crippen LogP contribution is 2.47. The Morgan fingerprint density at radius 1 is 1.21 bits per heavy atom. The summed E-state index contributed by atoms with van der Waals surface area (Å²) < 4.78 is 117. The number of rotatable bonds is 8. The van der Waals surface area contributed by atoms with Gasteiger partial charge in [-0.15, -0.1) is 11.3 Å². The topological polar surface area (TPSA) is 96.8 Å². The van der Waals surface area contributed by atoms with Gasteiger partial charge in [0.1, 0.15) is 12.4 Å². The lowest BCUT2D eigenvalue weighted by Crippen LogP contribution is -2.39. The average molecular weight is 601 g/mol. The molecule has 1 N–H and O–H groups in total. The highest BCUT2D eigenvalue weighted by molar-refractivity contribution is 7.92. The predicted octanol–water partition coefficient (Wildman–Crippen LogP) is 6.32. The smallest absolute Gasteiger partial charge is 0.420 e. The van der Waals surface area contributed by atoms with Crippen LogP contribution in [0.5, 0.6) is 5.75 Å². The fourth-order valence-electron chi connectivity index (χ4n) is 5.07. The number of hydrogen-bond donors (Lipinski definition) is 1. The largest absolute Gasteiger partial charge is 0.487 e. The number of aromatic nitrogens is 1. The van der Waals surface area contributed by atoms with Crippen LogP contribution in [0.1, 0.15) is 66.4 Å². The van der Waals surface area contributed by atoms with Crippen LogP contribution in [0.15, 0.2) is 22.5 Å². The van der Waals surface area contributed by atoms with Crippen molar-refractivity contribution in [3.63, 3.8) is 0 Å². The highest BCUT2D eigenvalue weighted by Gasteiger charge is 2.46. The van der Waals surface area contributed by atoms with E-state index in [9.17, 15) is 40.3 Å². The van der Waals surface area contributed by atoms with Gasteiger partial charge in [0.15, 0.2) is 5.69 Å². The number of alkyl halides is 6. The number of carboxylic acids is 1. The summed E-state index contributed by atoms with van der Waals surface area (Å²) in [5.74, 6) is -6.93. The van der Waals surface area contributed by atoms with Gasteiger partial charge in [-0.25, -0.2) is 31.4 Å². The van der Waals surface area contributed by atoms with Crippen molar-refractivity contribution in [2.45, 2.75) is 80.6 Å². The molecule has 0 unspecified atom stereocenters. The van der Waals surface area contributed by atoms with Crippen molar-refractivity contribution in [2.24, 2.45) is 5.92 Å². The van der Waals surface area contributed by atoms with E-state index in [4.69, 9.17) is 4.74 Å². The quantitative estimate of drug-likeness (QED) is 0.354. The summed E-state index contributed by atoms with van der Waals surface area (Å²) in [6, 6.07) is 0.826. The van der Waals surface area contributed by atoms with Crippen LogP contribution in [0.2, 0.25) is 0 Å². The molecule has 216 valence electrons. The summed E-state index contributed by atoms with van der Waals surface area (Å²) in [5.41, 5.74) is -3.56. The summed E-state index contributed by atoms with van der Waals surface area (Å²) >= 11 is 0.822. The molecule has 4 rings (SSSR count). The Bertz CT molecular complexity index is 1320. The first-order valence-corrected chi connectivity index (χ1v) is 14.6. The highest BCUT2D eigenvalue weighted by atomic mass is 32.2. The van der Waals surface area contributed by atoms with Gasteiger partial charge in [0, 0.05) is 31.0 Å². The SMILES string of the molecule is CC(F)(F)CC[C@H]1CN(C2CCCC2)c2cc(C(F)(F)F)c(OCc3scnc3C(=O)O)cc2S(=O)(=O)[C@H]1F. The molecule has 2 atom stereocenters. The molecule has 0 amide bonds. The van der Waals surface area contributed by atoms with Crippen molar-refractivity contribution < 1.29 is 49.4 Å². The molecule has 2 aliphatic rings. The van der Waals surface area contributed by atoms with Gasteiger partial charge in [0.2, 0.25) is 21.3 Å². The molecule has 39 heavy (non-hydrogen) atoms. The normalized spacial score (nSPS) is 22.0. The number of hydrogen-bond acceptors (Lipinski definition) is 7. The van der Waals surface area contributed by atoms with Gasteiger partial charge in [-0.3, -0.25) is 0 Å². The second-order valence-corrected chi connectivity index (χ2v) is 12.8. The number of sulfone groups is 1. The Hall–Kier alpha value is -2.55. The Kier molecular flexibility index (Phi) is 8.14.